The second kappa shape index (κ2) is 6.17. The SMILES string of the molecule is Cc1cccc(S(=O)(=O)NCCCC(=O)O)c1Cl. The van der Waals surface area contributed by atoms with Crippen molar-refractivity contribution in [1.29, 1.82) is 0 Å². The van der Waals surface area contributed by atoms with Crippen LogP contribution in [0.2, 0.25) is 5.02 Å². The Balaban J connectivity index is 2.75. The molecule has 0 aliphatic rings. The molecule has 7 heteroatoms. The van der Waals surface area contributed by atoms with Crippen LogP contribution in [0.4, 0.5) is 0 Å². The number of rotatable bonds is 6. The van der Waals surface area contributed by atoms with E-state index < -0.39 is 16.0 Å². The molecular formula is C11H14ClNO4S. The third kappa shape index (κ3) is 3.97. The Hall–Kier alpha value is -1.11. The largest absolute Gasteiger partial charge is 0.481 e. The van der Waals surface area contributed by atoms with E-state index in [-0.39, 0.29) is 29.3 Å². The molecule has 100 valence electrons. The van der Waals surface area contributed by atoms with E-state index in [4.69, 9.17) is 16.7 Å². The Morgan fingerprint density at radius 3 is 2.72 bits per heavy atom. The molecule has 0 spiro atoms. The average Bonchev–Trinajstić information content (AvgIpc) is 2.28. The van der Waals surface area contributed by atoms with Crippen LogP contribution in [0.25, 0.3) is 0 Å². The molecule has 0 aromatic heterocycles. The van der Waals surface area contributed by atoms with Crippen molar-refractivity contribution in [3.05, 3.63) is 28.8 Å². The summed E-state index contributed by atoms with van der Waals surface area (Å²) in [6.07, 6.45) is 0.155. The quantitative estimate of drug-likeness (QED) is 0.783. The molecule has 0 atom stereocenters. The lowest BCUT2D eigenvalue weighted by Gasteiger charge is -2.09. The molecule has 0 bridgehead atoms. The topological polar surface area (TPSA) is 83.5 Å². The van der Waals surface area contributed by atoms with E-state index in [1.165, 1.54) is 6.07 Å². The van der Waals surface area contributed by atoms with Crippen molar-refractivity contribution in [3.63, 3.8) is 0 Å². The van der Waals surface area contributed by atoms with Crippen molar-refractivity contribution in [2.24, 2.45) is 0 Å². The van der Waals surface area contributed by atoms with Crippen molar-refractivity contribution in [3.8, 4) is 0 Å². The molecule has 0 fully saturated rings. The van der Waals surface area contributed by atoms with E-state index in [2.05, 4.69) is 4.72 Å². The lowest BCUT2D eigenvalue weighted by atomic mass is 10.2. The van der Waals surface area contributed by atoms with Gasteiger partial charge in [-0.15, -0.1) is 0 Å². The average molecular weight is 292 g/mol. The molecule has 0 amide bonds. The molecule has 0 saturated heterocycles. The summed E-state index contributed by atoms with van der Waals surface area (Å²) in [5.41, 5.74) is 0.671. The fraction of sp³-hybridized carbons (Fsp3) is 0.364. The van der Waals surface area contributed by atoms with Crippen molar-refractivity contribution in [2.45, 2.75) is 24.7 Å². The van der Waals surface area contributed by atoms with Gasteiger partial charge in [0, 0.05) is 13.0 Å². The Bertz CT molecular complexity index is 542. The van der Waals surface area contributed by atoms with Crippen LogP contribution in [-0.4, -0.2) is 26.0 Å². The number of carbonyl (C=O) groups is 1. The Morgan fingerprint density at radius 2 is 2.11 bits per heavy atom. The first-order chi connectivity index (χ1) is 8.34. The first-order valence-electron chi connectivity index (χ1n) is 5.31. The maximum atomic E-state index is 11.9. The predicted molar refractivity (Wildman–Crippen MR) is 68.2 cm³/mol. The van der Waals surface area contributed by atoms with Gasteiger partial charge >= 0.3 is 5.97 Å². The van der Waals surface area contributed by atoms with Gasteiger partial charge in [0.25, 0.3) is 0 Å². The standard InChI is InChI=1S/C11H14ClNO4S/c1-8-4-2-5-9(11(8)12)18(16,17)13-7-3-6-10(14)15/h2,4-5,13H,3,6-7H2,1H3,(H,14,15). The number of benzene rings is 1. The number of sulfonamides is 1. The number of aliphatic carboxylic acids is 1. The van der Waals surface area contributed by atoms with Crippen LogP contribution in [0.5, 0.6) is 0 Å². The number of hydrogen-bond donors (Lipinski definition) is 2. The van der Waals surface area contributed by atoms with Gasteiger partial charge in [0.1, 0.15) is 4.90 Å². The van der Waals surface area contributed by atoms with Gasteiger partial charge in [-0.1, -0.05) is 23.7 Å². The lowest BCUT2D eigenvalue weighted by molar-refractivity contribution is -0.137. The summed E-state index contributed by atoms with van der Waals surface area (Å²) in [6, 6.07) is 4.73. The number of halogens is 1. The van der Waals surface area contributed by atoms with Crippen LogP contribution in [0.3, 0.4) is 0 Å². The molecule has 1 aromatic carbocycles. The molecule has 2 N–H and O–H groups in total. The maximum Gasteiger partial charge on any atom is 0.303 e. The molecule has 0 saturated carbocycles. The van der Waals surface area contributed by atoms with E-state index in [0.29, 0.717) is 5.56 Å². The zero-order valence-corrected chi connectivity index (χ0v) is 11.4. The predicted octanol–water partition coefficient (Wildman–Crippen LogP) is 1.79. The molecule has 0 heterocycles. The summed E-state index contributed by atoms with van der Waals surface area (Å²) >= 11 is 5.93. The van der Waals surface area contributed by atoms with Gasteiger partial charge in [-0.05, 0) is 25.0 Å². The minimum Gasteiger partial charge on any atom is -0.481 e. The third-order valence-corrected chi connectivity index (χ3v) is 4.42. The van der Waals surface area contributed by atoms with Gasteiger partial charge in [-0.3, -0.25) is 4.79 Å². The molecule has 18 heavy (non-hydrogen) atoms. The highest BCUT2D eigenvalue weighted by atomic mass is 35.5. The second-order valence-electron chi connectivity index (χ2n) is 3.78. The highest BCUT2D eigenvalue weighted by molar-refractivity contribution is 7.89. The minimum absolute atomic E-state index is 0.0134. The Morgan fingerprint density at radius 1 is 1.44 bits per heavy atom. The first kappa shape index (κ1) is 14.9. The van der Waals surface area contributed by atoms with E-state index >= 15 is 0 Å². The summed E-state index contributed by atoms with van der Waals surface area (Å²) in [4.78, 5) is 10.3. The van der Waals surface area contributed by atoms with Crippen molar-refractivity contribution in [2.75, 3.05) is 6.54 Å². The second-order valence-corrected chi connectivity index (χ2v) is 5.90. The molecule has 0 aliphatic carbocycles. The first-order valence-corrected chi connectivity index (χ1v) is 7.17. The summed E-state index contributed by atoms with van der Waals surface area (Å²) in [6.45, 7) is 1.78. The Labute approximate surface area is 111 Å². The van der Waals surface area contributed by atoms with Crippen molar-refractivity contribution in [1.82, 2.24) is 4.72 Å². The van der Waals surface area contributed by atoms with E-state index in [9.17, 15) is 13.2 Å². The number of nitrogens with one attached hydrogen (secondary N) is 1. The zero-order valence-electron chi connectivity index (χ0n) is 9.81. The smallest absolute Gasteiger partial charge is 0.303 e. The normalized spacial score (nSPS) is 11.4. The van der Waals surface area contributed by atoms with E-state index in [1.807, 2.05) is 0 Å². The molecule has 0 aliphatic heterocycles. The van der Waals surface area contributed by atoms with Gasteiger partial charge in [0.2, 0.25) is 10.0 Å². The maximum absolute atomic E-state index is 11.9. The lowest BCUT2D eigenvalue weighted by Crippen LogP contribution is -2.25. The van der Waals surface area contributed by atoms with Crippen LogP contribution in [0, 0.1) is 6.92 Å². The third-order valence-electron chi connectivity index (χ3n) is 2.31. The molecular weight excluding hydrogens is 278 g/mol. The van der Waals surface area contributed by atoms with Gasteiger partial charge in [-0.25, -0.2) is 13.1 Å². The van der Waals surface area contributed by atoms with E-state index in [0.717, 1.165) is 0 Å². The fourth-order valence-corrected chi connectivity index (χ4v) is 3.01. The summed E-state index contributed by atoms with van der Waals surface area (Å²) < 4.78 is 26.1. The highest BCUT2D eigenvalue weighted by Crippen LogP contribution is 2.24. The Kier molecular flexibility index (Phi) is 5.13. The van der Waals surface area contributed by atoms with Crippen molar-refractivity contribution >= 4 is 27.6 Å². The summed E-state index contributed by atoms with van der Waals surface area (Å²) in [5.74, 6) is -0.956. The number of aryl methyl sites for hydroxylation is 1. The summed E-state index contributed by atoms with van der Waals surface area (Å²) in [5, 5.41) is 8.63. The van der Waals surface area contributed by atoms with Gasteiger partial charge in [0.15, 0.2) is 0 Å². The molecule has 5 nitrogen and oxygen atoms in total. The highest BCUT2D eigenvalue weighted by Gasteiger charge is 2.18. The minimum atomic E-state index is -3.69. The molecule has 1 aromatic rings. The fourth-order valence-electron chi connectivity index (χ4n) is 1.35. The monoisotopic (exact) mass is 291 g/mol. The van der Waals surface area contributed by atoms with Crippen LogP contribution >= 0.6 is 11.6 Å². The molecule has 0 unspecified atom stereocenters. The van der Waals surface area contributed by atoms with Crippen LogP contribution in [0.1, 0.15) is 18.4 Å². The van der Waals surface area contributed by atoms with Crippen molar-refractivity contribution < 1.29 is 18.3 Å². The number of carboxylic acid groups (broad SMARTS) is 1. The number of carboxylic acids is 1. The number of hydrogen-bond acceptors (Lipinski definition) is 3. The summed E-state index contributed by atoms with van der Waals surface area (Å²) in [7, 11) is -3.69. The van der Waals surface area contributed by atoms with E-state index in [1.54, 1.807) is 19.1 Å². The van der Waals surface area contributed by atoms with Gasteiger partial charge in [-0.2, -0.15) is 0 Å². The van der Waals surface area contributed by atoms with Gasteiger partial charge < -0.3 is 5.11 Å². The molecule has 0 radical (unpaired) electrons. The van der Waals surface area contributed by atoms with Crippen LogP contribution in [-0.2, 0) is 14.8 Å². The zero-order chi connectivity index (χ0) is 13.8. The van der Waals surface area contributed by atoms with Crippen LogP contribution < -0.4 is 4.72 Å². The van der Waals surface area contributed by atoms with Crippen LogP contribution in [0.15, 0.2) is 23.1 Å². The van der Waals surface area contributed by atoms with Gasteiger partial charge in [0.05, 0.1) is 5.02 Å². The molecule has 1 rings (SSSR count).